The Balaban J connectivity index is 1.38. The van der Waals surface area contributed by atoms with Crippen LogP contribution in [0, 0.1) is 0 Å². The summed E-state index contributed by atoms with van der Waals surface area (Å²) in [6.45, 7) is -2.75. The Bertz CT molecular complexity index is 2230. The van der Waals surface area contributed by atoms with E-state index in [2.05, 4.69) is 45.7 Å². The fourth-order valence-corrected chi connectivity index (χ4v) is 14.1. The molecule has 0 saturated carbocycles. The highest BCUT2D eigenvalue weighted by atomic mass is 16.7. The molecule has 0 aromatic heterocycles. The largest absolute Gasteiger partial charge is 0.447 e. The number of carbonyl (C=O) groups is 4. The highest BCUT2D eigenvalue weighted by molar-refractivity contribution is 5.75. The highest BCUT2D eigenvalue weighted by Crippen LogP contribution is 2.30. The number of hydrogen-bond donors (Lipinski definition) is 22. The van der Waals surface area contributed by atoms with Crippen LogP contribution in [-0.2, 0) is 47.4 Å². The van der Waals surface area contributed by atoms with Crippen LogP contribution in [0.15, 0.2) is 0 Å². The van der Waals surface area contributed by atoms with Crippen molar-refractivity contribution in [3.05, 3.63) is 0 Å². The molecule has 22 N–H and O–H groups in total. The number of aliphatic hydroxyl groups is 16. The fraction of sp³-hybridized carbons (Fsp3) is 0.949. The van der Waals surface area contributed by atoms with E-state index in [9.17, 15) is 101 Å². The van der Waals surface area contributed by atoms with E-state index in [4.69, 9.17) is 47.4 Å². The standard InChI is InChI=1S/C78H148N6O30/c1-3-5-7-9-11-13-15-17-19-21-23-25-27-33-37-41-81-75(103)109-51-77(47-105-69-65(97)61(93)57(89)53(43-85)111-69,48-106-70-66(98)62(94)58(90)54(44-86)112-70)83-73(101)79-39-35-31-29-30-32-36-40-80-74(102)84-78(49-107-71-67(99)63(95)59(91)55(45-87)113-71,50-108-72-68(100)64(96)60(92)56(46-88)114-72)52-110-76(104)82-42-38-34-28-26-24-22-20-18-16-14-12-10-8-6-4-2/h53-72,85-100H,3-52H2,1-2H3,(H,81,103)(H,82,104)(H2,79,83,101)(H2,80,84,102)/t53-,54-,55-,56-,57+,58+,59+,60+,61+,62+,63+,64+,65-,66-,67-,68-,69-,70-,71-,72-/m1/s1. The van der Waals surface area contributed by atoms with Gasteiger partial charge in [0, 0.05) is 26.2 Å². The molecule has 36 nitrogen and oxygen atoms in total. The Labute approximate surface area is 673 Å². The monoisotopic (exact) mass is 1650 g/mol. The number of urea groups is 2. The quantitative estimate of drug-likeness (QED) is 0.0386. The average molecular weight is 1650 g/mol. The Morgan fingerprint density at radius 1 is 0.263 bits per heavy atom. The first-order valence-corrected chi connectivity index (χ1v) is 42.6. The van der Waals surface area contributed by atoms with E-state index in [0.29, 0.717) is 51.4 Å². The van der Waals surface area contributed by atoms with E-state index >= 15 is 0 Å². The second-order valence-electron chi connectivity index (χ2n) is 31.4. The molecule has 0 aromatic carbocycles. The van der Waals surface area contributed by atoms with E-state index in [0.717, 1.165) is 51.4 Å². The number of rotatable bonds is 63. The maximum absolute atomic E-state index is 14.0. The topological polar surface area (TPSA) is 556 Å². The number of carbonyl (C=O) groups excluding carboxylic acids is 4. The molecule has 4 rings (SSSR count). The summed E-state index contributed by atoms with van der Waals surface area (Å²) in [7, 11) is 0. The van der Waals surface area contributed by atoms with Crippen LogP contribution in [-0.4, -0.2) is 332 Å². The van der Waals surface area contributed by atoms with Crippen molar-refractivity contribution in [2.24, 2.45) is 0 Å². The minimum atomic E-state index is -2.01. The van der Waals surface area contributed by atoms with Crippen molar-refractivity contribution in [3.8, 4) is 0 Å². The maximum Gasteiger partial charge on any atom is 0.407 e. The van der Waals surface area contributed by atoms with Crippen LogP contribution in [0.5, 0.6) is 0 Å². The van der Waals surface area contributed by atoms with E-state index < -0.39 is 224 Å². The lowest BCUT2D eigenvalue weighted by Crippen LogP contribution is -2.65. The van der Waals surface area contributed by atoms with Gasteiger partial charge in [-0.3, -0.25) is 0 Å². The van der Waals surface area contributed by atoms with Gasteiger partial charge in [0.25, 0.3) is 0 Å². The molecule has 4 aliphatic heterocycles. The van der Waals surface area contributed by atoms with Gasteiger partial charge in [-0.15, -0.1) is 0 Å². The first kappa shape index (κ1) is 102. The summed E-state index contributed by atoms with van der Waals surface area (Å²) >= 11 is 0. The Morgan fingerprint density at radius 3 is 0.658 bits per heavy atom. The summed E-state index contributed by atoms with van der Waals surface area (Å²) in [5.41, 5.74) is -4.03. The van der Waals surface area contributed by atoms with Crippen LogP contribution >= 0.6 is 0 Å². The molecule has 4 aliphatic rings. The number of hydrogen-bond acceptors (Lipinski definition) is 30. The number of ether oxygens (including phenoxy) is 10. The SMILES string of the molecule is CCCCCCCCCCCCCCCCCNC(=O)OCC(CO[C@@H]1O[C@H](CO)[C@H](O)[C@H](O)[C@H]1O)(CO[C@@H]1O[C@H](CO)[C@H](O)[C@H](O)[C@H]1O)NC(=O)NCCCCCCCCNC(=O)NC(COC(=O)NCCCCCCCCCCCCCCCCC)(CO[C@@H]1O[C@H](CO)[C@H](O)[C@H](O)[C@H]1O)CO[C@@H]1O[C@H](CO)[C@H](O)[C@H](O)[C@H]1O. The van der Waals surface area contributed by atoms with E-state index in [1.54, 1.807) is 0 Å². The average Bonchev–Trinajstić information content (AvgIpc) is 0.812. The van der Waals surface area contributed by atoms with Gasteiger partial charge in [-0.25, -0.2) is 19.2 Å². The number of amides is 6. The third kappa shape index (κ3) is 38.7. The predicted molar refractivity (Wildman–Crippen MR) is 414 cm³/mol. The van der Waals surface area contributed by atoms with Gasteiger partial charge in [-0.05, 0) is 25.7 Å². The van der Waals surface area contributed by atoms with Crippen LogP contribution in [0.2, 0.25) is 0 Å². The van der Waals surface area contributed by atoms with Gasteiger partial charge < -0.3 is 161 Å². The fourth-order valence-electron chi connectivity index (χ4n) is 14.1. The Morgan fingerprint density at radius 2 is 0.456 bits per heavy atom. The molecule has 0 aliphatic carbocycles. The van der Waals surface area contributed by atoms with Crippen molar-refractivity contribution in [2.45, 2.75) is 379 Å². The summed E-state index contributed by atoms with van der Waals surface area (Å²) < 4.78 is 57.4. The summed E-state index contributed by atoms with van der Waals surface area (Å²) in [5.74, 6) is 0. The summed E-state index contributed by atoms with van der Waals surface area (Å²) in [4.78, 5) is 54.8. The summed E-state index contributed by atoms with van der Waals surface area (Å²) in [6.07, 6.45) is 0.956. The normalized spacial score (nSPS) is 28.1. The zero-order valence-corrected chi connectivity index (χ0v) is 67.8. The molecule has 4 saturated heterocycles. The van der Waals surface area contributed by atoms with E-state index in [1.807, 2.05) is 0 Å². The van der Waals surface area contributed by atoms with Crippen LogP contribution in [0.1, 0.15) is 245 Å². The van der Waals surface area contributed by atoms with Crippen molar-refractivity contribution >= 4 is 24.2 Å². The molecule has 6 amide bonds. The molecule has 0 radical (unpaired) electrons. The molecular formula is C78H148N6O30. The van der Waals surface area contributed by atoms with Crippen LogP contribution in [0.3, 0.4) is 0 Å². The van der Waals surface area contributed by atoms with E-state index in [-0.39, 0.29) is 26.2 Å². The highest BCUT2D eigenvalue weighted by Gasteiger charge is 2.51. The van der Waals surface area contributed by atoms with Gasteiger partial charge in [0.1, 0.15) is 122 Å². The van der Waals surface area contributed by atoms with Crippen LogP contribution < -0.4 is 31.9 Å². The molecule has 0 unspecified atom stereocenters. The van der Waals surface area contributed by atoms with Crippen molar-refractivity contribution in [1.82, 2.24) is 31.9 Å². The molecule has 4 fully saturated rings. The van der Waals surface area contributed by atoms with Gasteiger partial charge >= 0.3 is 24.2 Å². The first-order chi connectivity index (χ1) is 54.9. The molecule has 20 atom stereocenters. The summed E-state index contributed by atoms with van der Waals surface area (Å²) in [6, 6.07) is -1.75. The zero-order valence-electron chi connectivity index (χ0n) is 67.8. The van der Waals surface area contributed by atoms with Crippen LogP contribution in [0.4, 0.5) is 19.2 Å². The lowest BCUT2D eigenvalue weighted by molar-refractivity contribution is -0.314. The van der Waals surface area contributed by atoms with Gasteiger partial charge in [0.2, 0.25) is 0 Å². The summed E-state index contributed by atoms with van der Waals surface area (Å²) in [5, 5.41) is 184. The van der Waals surface area contributed by atoms with Gasteiger partial charge in [-0.2, -0.15) is 0 Å². The smallest absolute Gasteiger partial charge is 0.407 e. The zero-order chi connectivity index (χ0) is 83.5. The molecule has 670 valence electrons. The van der Waals surface area contributed by atoms with E-state index in [1.165, 1.54) is 128 Å². The minimum absolute atomic E-state index is 0.0677. The predicted octanol–water partition coefficient (Wildman–Crippen LogP) is 1.86. The molecular weight excluding hydrogens is 1500 g/mol. The second-order valence-corrected chi connectivity index (χ2v) is 31.4. The van der Waals surface area contributed by atoms with Crippen molar-refractivity contribution in [2.75, 3.05) is 92.2 Å². The molecule has 114 heavy (non-hydrogen) atoms. The van der Waals surface area contributed by atoms with Gasteiger partial charge in [0.05, 0.1) is 52.9 Å². The third-order valence-corrected chi connectivity index (χ3v) is 21.5. The Hall–Kier alpha value is -3.88. The lowest BCUT2D eigenvalue weighted by Gasteiger charge is -2.43. The van der Waals surface area contributed by atoms with Gasteiger partial charge in [-0.1, -0.05) is 219 Å². The molecule has 36 heteroatoms. The number of nitrogens with one attached hydrogen (secondary N) is 6. The molecule has 4 heterocycles. The minimum Gasteiger partial charge on any atom is -0.447 e. The Kier molecular flexibility index (Phi) is 53.7. The van der Waals surface area contributed by atoms with Crippen molar-refractivity contribution in [3.63, 3.8) is 0 Å². The van der Waals surface area contributed by atoms with Crippen molar-refractivity contribution < 1.29 is 148 Å². The number of alkyl carbamates (subject to hydrolysis) is 2. The maximum atomic E-state index is 14.0. The number of aliphatic hydroxyl groups excluding tert-OH is 16. The van der Waals surface area contributed by atoms with Crippen LogP contribution in [0.25, 0.3) is 0 Å². The first-order valence-electron chi connectivity index (χ1n) is 42.6. The molecule has 0 aromatic rings. The van der Waals surface area contributed by atoms with Gasteiger partial charge in [0.15, 0.2) is 25.2 Å². The van der Waals surface area contributed by atoms with Crippen molar-refractivity contribution in [1.29, 1.82) is 0 Å². The second kappa shape index (κ2) is 59.7. The molecule has 0 bridgehead atoms. The molecule has 0 spiro atoms. The number of unbranched alkanes of at least 4 members (excludes halogenated alkanes) is 33. The lowest BCUT2D eigenvalue weighted by atomic mass is 9.98. The third-order valence-electron chi connectivity index (χ3n) is 21.5.